The molecule has 2 aromatic rings. The molecule has 2 aromatic heterocycles. The summed E-state index contributed by atoms with van der Waals surface area (Å²) in [5.41, 5.74) is 0. The lowest BCUT2D eigenvalue weighted by molar-refractivity contribution is -0.391. The highest BCUT2D eigenvalue weighted by Gasteiger charge is 2.18. The van der Waals surface area contributed by atoms with E-state index in [0.717, 1.165) is 6.20 Å². The molecule has 0 amide bonds. The molecule has 0 spiro atoms. The van der Waals surface area contributed by atoms with Gasteiger partial charge in [0.1, 0.15) is 11.9 Å². The summed E-state index contributed by atoms with van der Waals surface area (Å²) in [5, 5.41) is 10.6. The number of hydrogen-bond donors (Lipinski definition) is 0. The summed E-state index contributed by atoms with van der Waals surface area (Å²) in [4.78, 5) is 18.5. The van der Waals surface area contributed by atoms with Gasteiger partial charge in [-0.3, -0.25) is 9.19 Å². The molecule has 0 aromatic carbocycles. The zero-order valence-corrected chi connectivity index (χ0v) is 10.3. The van der Waals surface area contributed by atoms with Crippen molar-refractivity contribution in [3.05, 3.63) is 46.7 Å². The van der Waals surface area contributed by atoms with E-state index < -0.39 is 15.7 Å². The first-order chi connectivity index (χ1) is 8.59. The Labute approximate surface area is 105 Å². The lowest BCUT2D eigenvalue weighted by atomic mass is 10.5. The topological polar surface area (TPSA) is 90.9 Å². The highest BCUT2D eigenvalue weighted by atomic mass is 32.2. The van der Waals surface area contributed by atoms with E-state index >= 15 is 0 Å². The second kappa shape index (κ2) is 5.05. The van der Waals surface area contributed by atoms with Gasteiger partial charge < -0.3 is 10.1 Å². The zero-order valence-electron chi connectivity index (χ0n) is 9.52. The lowest BCUT2D eigenvalue weighted by Crippen LogP contribution is -2.05. The van der Waals surface area contributed by atoms with E-state index in [9.17, 15) is 14.3 Å². The van der Waals surface area contributed by atoms with Crippen LogP contribution in [0.15, 0.2) is 35.6 Å². The summed E-state index contributed by atoms with van der Waals surface area (Å²) >= 11 is 0. The van der Waals surface area contributed by atoms with E-state index in [-0.39, 0.29) is 11.6 Å². The summed E-state index contributed by atoms with van der Waals surface area (Å²) in [7, 11) is 0.216. The van der Waals surface area contributed by atoms with Crippen molar-refractivity contribution in [2.75, 3.05) is 0 Å². The van der Waals surface area contributed by atoms with Gasteiger partial charge in [-0.05, 0) is 17.1 Å². The molecule has 0 radical (unpaired) electrons. The van der Waals surface area contributed by atoms with Crippen molar-refractivity contribution in [2.45, 2.75) is 10.6 Å². The summed E-state index contributed by atoms with van der Waals surface area (Å²) < 4.78 is 13.3. The minimum absolute atomic E-state index is 0.117. The molecule has 0 N–H and O–H groups in total. The Kier molecular flexibility index (Phi) is 3.47. The Morgan fingerprint density at radius 2 is 2.28 bits per heavy atom. The first-order valence-electron chi connectivity index (χ1n) is 5.03. The largest absolute Gasteiger partial charge is 0.358 e. The predicted molar refractivity (Wildman–Crippen MR) is 64.2 cm³/mol. The van der Waals surface area contributed by atoms with Gasteiger partial charge >= 0.3 is 5.82 Å². The third-order valence-corrected chi connectivity index (χ3v) is 3.69. The standard InChI is InChI=1S/C10H10N4O3S/c1-13-9(12-6-10(13)14(15)16)7-18(17)8-3-2-4-11-5-8/h2-6H,7H2,1H3. The molecule has 18 heavy (non-hydrogen) atoms. The molecule has 0 saturated heterocycles. The molecule has 0 aliphatic heterocycles. The Morgan fingerprint density at radius 1 is 1.50 bits per heavy atom. The quantitative estimate of drug-likeness (QED) is 0.609. The third kappa shape index (κ3) is 2.43. The van der Waals surface area contributed by atoms with Crippen molar-refractivity contribution in [2.24, 2.45) is 7.05 Å². The predicted octanol–water partition coefficient (Wildman–Crippen LogP) is 1.03. The fourth-order valence-electron chi connectivity index (χ4n) is 1.42. The van der Waals surface area contributed by atoms with Crippen LogP contribution >= 0.6 is 0 Å². The van der Waals surface area contributed by atoms with Crippen LogP contribution in [-0.4, -0.2) is 23.7 Å². The third-order valence-electron chi connectivity index (χ3n) is 2.40. The van der Waals surface area contributed by atoms with E-state index in [1.807, 2.05) is 0 Å². The van der Waals surface area contributed by atoms with Gasteiger partial charge in [0.05, 0.1) is 22.7 Å². The van der Waals surface area contributed by atoms with Crippen LogP contribution < -0.4 is 0 Å². The van der Waals surface area contributed by atoms with Gasteiger partial charge in [-0.1, -0.05) is 0 Å². The molecule has 0 bridgehead atoms. The van der Waals surface area contributed by atoms with E-state index in [2.05, 4.69) is 9.97 Å². The zero-order chi connectivity index (χ0) is 13.1. The van der Waals surface area contributed by atoms with Gasteiger partial charge in [-0.2, -0.15) is 0 Å². The highest BCUT2D eigenvalue weighted by molar-refractivity contribution is 7.84. The second-order valence-corrected chi connectivity index (χ2v) is 4.98. The fourth-order valence-corrected chi connectivity index (χ4v) is 2.50. The number of nitro groups is 1. The van der Waals surface area contributed by atoms with Gasteiger partial charge in [0.2, 0.25) is 5.82 Å². The number of nitrogens with zero attached hydrogens (tertiary/aromatic N) is 4. The molecule has 2 heterocycles. The van der Waals surface area contributed by atoms with Crippen LogP contribution in [0, 0.1) is 10.1 Å². The molecule has 2 rings (SSSR count). The molecule has 1 unspecified atom stereocenters. The minimum Gasteiger partial charge on any atom is -0.358 e. The molecule has 0 aliphatic carbocycles. The first kappa shape index (κ1) is 12.4. The van der Waals surface area contributed by atoms with Crippen molar-refractivity contribution in [1.82, 2.24) is 14.5 Å². The molecule has 7 nitrogen and oxygen atoms in total. The maximum absolute atomic E-state index is 12.0. The van der Waals surface area contributed by atoms with Crippen LogP contribution in [0.1, 0.15) is 5.82 Å². The molecule has 8 heteroatoms. The fraction of sp³-hybridized carbons (Fsp3) is 0.200. The van der Waals surface area contributed by atoms with Crippen molar-refractivity contribution in [1.29, 1.82) is 0 Å². The Balaban J connectivity index is 2.20. The average Bonchev–Trinajstić information content (AvgIpc) is 2.72. The lowest BCUT2D eigenvalue weighted by Gasteiger charge is -2.00. The molecular weight excluding hydrogens is 256 g/mol. The average molecular weight is 266 g/mol. The number of rotatable bonds is 4. The maximum Gasteiger partial charge on any atom is 0.342 e. The van der Waals surface area contributed by atoms with E-state index in [1.165, 1.54) is 17.8 Å². The van der Waals surface area contributed by atoms with E-state index in [1.54, 1.807) is 18.3 Å². The second-order valence-electron chi connectivity index (χ2n) is 3.53. The normalized spacial score (nSPS) is 12.3. The number of imidazole rings is 1. The van der Waals surface area contributed by atoms with Gasteiger partial charge in [0.15, 0.2) is 0 Å². The molecule has 1 atom stereocenters. The monoisotopic (exact) mass is 266 g/mol. The van der Waals surface area contributed by atoms with Crippen LogP contribution in [0.25, 0.3) is 0 Å². The summed E-state index contributed by atoms with van der Waals surface area (Å²) in [5.74, 6) is 0.410. The molecule has 0 aliphatic rings. The Hall–Kier alpha value is -2.09. The van der Waals surface area contributed by atoms with Crippen molar-refractivity contribution >= 4 is 16.6 Å². The van der Waals surface area contributed by atoms with Crippen LogP contribution in [-0.2, 0) is 23.6 Å². The van der Waals surface area contributed by atoms with E-state index in [4.69, 9.17) is 0 Å². The van der Waals surface area contributed by atoms with Gasteiger partial charge in [-0.15, -0.1) is 0 Å². The van der Waals surface area contributed by atoms with Crippen molar-refractivity contribution in [3.8, 4) is 0 Å². The highest BCUT2D eigenvalue weighted by Crippen LogP contribution is 2.15. The van der Waals surface area contributed by atoms with Crippen LogP contribution in [0.3, 0.4) is 0 Å². The van der Waals surface area contributed by atoms with Gasteiger partial charge in [0.25, 0.3) is 0 Å². The van der Waals surface area contributed by atoms with Gasteiger partial charge in [0, 0.05) is 12.4 Å². The Bertz CT molecular complexity index is 596. The number of hydrogen-bond acceptors (Lipinski definition) is 5. The Morgan fingerprint density at radius 3 is 2.83 bits per heavy atom. The first-order valence-corrected chi connectivity index (χ1v) is 6.35. The molecular formula is C10H10N4O3S. The van der Waals surface area contributed by atoms with E-state index in [0.29, 0.717) is 10.7 Å². The number of pyridine rings is 1. The molecule has 0 fully saturated rings. The summed E-state index contributed by atoms with van der Waals surface area (Å²) in [6, 6.07) is 3.38. The summed E-state index contributed by atoms with van der Waals surface area (Å²) in [6.45, 7) is 0. The number of aromatic nitrogens is 3. The SMILES string of the molecule is Cn1c([N+](=O)[O-])cnc1CS(=O)c1cccnc1. The van der Waals surface area contributed by atoms with Crippen LogP contribution in [0.2, 0.25) is 0 Å². The van der Waals surface area contributed by atoms with Gasteiger partial charge in [-0.25, -0.2) is 9.55 Å². The smallest absolute Gasteiger partial charge is 0.342 e. The molecule has 94 valence electrons. The van der Waals surface area contributed by atoms with Crippen LogP contribution in [0.5, 0.6) is 0 Å². The van der Waals surface area contributed by atoms with Crippen molar-refractivity contribution in [3.63, 3.8) is 0 Å². The van der Waals surface area contributed by atoms with Crippen molar-refractivity contribution < 1.29 is 9.13 Å². The summed E-state index contributed by atoms with van der Waals surface area (Å²) in [6.07, 6.45) is 4.26. The minimum atomic E-state index is -1.31. The maximum atomic E-state index is 12.0. The molecule has 0 saturated carbocycles. The van der Waals surface area contributed by atoms with Crippen LogP contribution in [0.4, 0.5) is 5.82 Å².